The summed E-state index contributed by atoms with van der Waals surface area (Å²) in [6.45, 7) is 1.57. The molecule has 2 aromatic rings. The van der Waals surface area contributed by atoms with E-state index in [4.69, 9.17) is 4.74 Å². The van der Waals surface area contributed by atoms with Gasteiger partial charge in [0, 0.05) is 27.7 Å². The van der Waals surface area contributed by atoms with Gasteiger partial charge in [0.15, 0.2) is 0 Å². The maximum Gasteiger partial charge on any atom is 0.269 e. The Labute approximate surface area is 156 Å². The molecule has 0 aliphatic carbocycles. The lowest BCUT2D eigenvalue weighted by atomic mass is 10.1. The van der Waals surface area contributed by atoms with Crippen molar-refractivity contribution in [3.63, 3.8) is 0 Å². The van der Waals surface area contributed by atoms with E-state index in [1.807, 2.05) is 23.6 Å². The molecule has 0 radical (unpaired) electrons. The van der Waals surface area contributed by atoms with Gasteiger partial charge < -0.3 is 9.30 Å². The number of nitrogens with one attached hydrogen (secondary N) is 1. The summed E-state index contributed by atoms with van der Waals surface area (Å²) in [5.74, 6) is -0.465. The molecule has 25 heavy (non-hydrogen) atoms. The molecule has 9 heteroatoms. The Bertz CT molecular complexity index is 898. The molecule has 0 bridgehead atoms. The standard InChI is InChI=1S/C16H15BrN4O3S/c1-10-15(17)13(9-24-2)12(6-18)16(23)21(10)8-14(22)20-19-7-11-4-3-5-25-11/h3-5,7H,8-9H2,1-2H3,(H,20,22)/b19-7+. The zero-order valence-electron chi connectivity index (χ0n) is 13.6. The number of amides is 1. The van der Waals surface area contributed by atoms with Gasteiger partial charge in [-0.05, 0) is 34.3 Å². The summed E-state index contributed by atoms with van der Waals surface area (Å²) in [7, 11) is 1.48. The SMILES string of the molecule is COCc1c(Br)c(C)n(CC(=O)N/N=C/c2cccs2)c(=O)c1C#N. The largest absolute Gasteiger partial charge is 0.380 e. The van der Waals surface area contributed by atoms with E-state index in [-0.39, 0.29) is 18.7 Å². The number of hydrazone groups is 1. The molecule has 0 fully saturated rings. The number of pyridine rings is 1. The van der Waals surface area contributed by atoms with E-state index < -0.39 is 11.5 Å². The Hall–Kier alpha value is -2.28. The maximum absolute atomic E-state index is 12.5. The highest BCUT2D eigenvalue weighted by Gasteiger charge is 2.19. The number of aromatic nitrogens is 1. The second-order valence-electron chi connectivity index (χ2n) is 5.00. The molecule has 0 unspecified atom stereocenters. The molecular weight excluding hydrogens is 408 g/mol. The Morgan fingerprint density at radius 3 is 2.96 bits per heavy atom. The molecule has 0 aromatic carbocycles. The maximum atomic E-state index is 12.5. The summed E-state index contributed by atoms with van der Waals surface area (Å²) in [4.78, 5) is 25.5. The molecular formula is C16H15BrN4O3S. The molecule has 2 heterocycles. The minimum atomic E-state index is -0.535. The van der Waals surface area contributed by atoms with Crippen LogP contribution in [0.4, 0.5) is 0 Å². The fourth-order valence-corrected chi connectivity index (χ4v) is 3.27. The molecule has 2 rings (SSSR count). The lowest BCUT2D eigenvalue weighted by Crippen LogP contribution is -2.33. The van der Waals surface area contributed by atoms with Gasteiger partial charge in [-0.3, -0.25) is 9.59 Å². The van der Waals surface area contributed by atoms with Crippen molar-refractivity contribution in [2.75, 3.05) is 7.11 Å². The van der Waals surface area contributed by atoms with Crippen molar-refractivity contribution in [2.24, 2.45) is 5.10 Å². The minimum absolute atomic E-state index is 0.0470. The first-order valence-corrected chi connectivity index (χ1v) is 8.83. The van der Waals surface area contributed by atoms with E-state index in [9.17, 15) is 14.9 Å². The Balaban J connectivity index is 2.24. The number of hydrogen-bond acceptors (Lipinski definition) is 6. The zero-order chi connectivity index (χ0) is 18.4. The normalized spacial score (nSPS) is 10.8. The molecule has 0 atom stereocenters. The number of methoxy groups -OCH3 is 1. The van der Waals surface area contributed by atoms with Crippen molar-refractivity contribution in [3.8, 4) is 6.07 Å². The average Bonchev–Trinajstić information content (AvgIpc) is 3.10. The van der Waals surface area contributed by atoms with Crippen LogP contribution in [0, 0.1) is 18.3 Å². The van der Waals surface area contributed by atoms with Crippen LogP contribution in [0.2, 0.25) is 0 Å². The van der Waals surface area contributed by atoms with Crippen molar-refractivity contribution in [1.82, 2.24) is 9.99 Å². The van der Waals surface area contributed by atoms with Crippen LogP contribution in [0.3, 0.4) is 0 Å². The van der Waals surface area contributed by atoms with Gasteiger partial charge in [-0.15, -0.1) is 11.3 Å². The minimum Gasteiger partial charge on any atom is -0.380 e. The molecule has 130 valence electrons. The van der Waals surface area contributed by atoms with Gasteiger partial charge in [-0.1, -0.05) is 6.07 Å². The molecule has 0 saturated carbocycles. The Morgan fingerprint density at radius 2 is 2.36 bits per heavy atom. The number of halogens is 1. The summed E-state index contributed by atoms with van der Waals surface area (Å²) in [5.41, 5.74) is 2.80. The van der Waals surface area contributed by atoms with Crippen LogP contribution in [0.15, 0.2) is 31.9 Å². The van der Waals surface area contributed by atoms with Crippen molar-refractivity contribution in [2.45, 2.75) is 20.1 Å². The first-order valence-electron chi connectivity index (χ1n) is 7.15. The second-order valence-corrected chi connectivity index (χ2v) is 6.77. The molecule has 1 N–H and O–H groups in total. The van der Waals surface area contributed by atoms with Gasteiger partial charge in [0.05, 0.1) is 12.8 Å². The first-order chi connectivity index (χ1) is 12.0. The summed E-state index contributed by atoms with van der Waals surface area (Å²) in [6.07, 6.45) is 1.52. The highest BCUT2D eigenvalue weighted by molar-refractivity contribution is 9.10. The fraction of sp³-hybridized carbons (Fsp3) is 0.250. The van der Waals surface area contributed by atoms with Crippen LogP contribution in [-0.4, -0.2) is 23.8 Å². The molecule has 1 amide bonds. The smallest absolute Gasteiger partial charge is 0.269 e. The van der Waals surface area contributed by atoms with Crippen LogP contribution in [-0.2, 0) is 22.7 Å². The van der Waals surface area contributed by atoms with Crippen LogP contribution in [0.25, 0.3) is 0 Å². The van der Waals surface area contributed by atoms with Crippen LogP contribution >= 0.6 is 27.3 Å². The van der Waals surface area contributed by atoms with Gasteiger partial charge in [-0.2, -0.15) is 10.4 Å². The molecule has 0 aliphatic rings. The number of rotatable bonds is 6. The third-order valence-electron chi connectivity index (χ3n) is 3.37. The van der Waals surface area contributed by atoms with Gasteiger partial charge in [-0.25, -0.2) is 5.43 Å². The van der Waals surface area contributed by atoms with Crippen molar-refractivity contribution >= 4 is 39.4 Å². The number of thiophene rings is 1. The molecule has 7 nitrogen and oxygen atoms in total. The Kier molecular flexibility index (Phi) is 6.64. The van der Waals surface area contributed by atoms with Crippen molar-refractivity contribution in [1.29, 1.82) is 5.26 Å². The number of hydrogen-bond donors (Lipinski definition) is 1. The lowest BCUT2D eigenvalue weighted by molar-refractivity contribution is -0.121. The number of nitriles is 1. The van der Waals surface area contributed by atoms with E-state index in [1.165, 1.54) is 29.2 Å². The van der Waals surface area contributed by atoms with Gasteiger partial charge in [0.1, 0.15) is 18.2 Å². The van der Waals surface area contributed by atoms with Crippen molar-refractivity contribution in [3.05, 3.63) is 54.0 Å². The predicted molar refractivity (Wildman–Crippen MR) is 98.6 cm³/mol. The predicted octanol–water partition coefficient (Wildman–Crippen LogP) is 2.15. The molecule has 2 aromatic heterocycles. The van der Waals surface area contributed by atoms with Crippen molar-refractivity contribution < 1.29 is 9.53 Å². The zero-order valence-corrected chi connectivity index (χ0v) is 16.0. The highest BCUT2D eigenvalue weighted by atomic mass is 79.9. The topological polar surface area (TPSA) is 96.5 Å². The van der Waals surface area contributed by atoms with Crippen LogP contribution in [0.5, 0.6) is 0 Å². The van der Waals surface area contributed by atoms with E-state index >= 15 is 0 Å². The number of ether oxygens (including phenoxy) is 1. The Morgan fingerprint density at radius 1 is 1.60 bits per heavy atom. The quantitative estimate of drug-likeness (QED) is 0.569. The number of carbonyl (C=O) groups excluding carboxylic acids is 1. The number of carbonyl (C=O) groups is 1. The second kappa shape index (κ2) is 8.71. The third-order valence-corrected chi connectivity index (χ3v) is 5.23. The van der Waals surface area contributed by atoms with Crippen LogP contribution in [0.1, 0.15) is 21.7 Å². The van der Waals surface area contributed by atoms with Gasteiger partial charge in [0.2, 0.25) is 0 Å². The first kappa shape index (κ1) is 19.1. The summed E-state index contributed by atoms with van der Waals surface area (Å²) in [6, 6.07) is 5.62. The number of nitrogens with zero attached hydrogens (tertiary/aromatic N) is 3. The molecule has 0 spiro atoms. The third kappa shape index (κ3) is 4.42. The van der Waals surface area contributed by atoms with E-state index in [2.05, 4.69) is 26.5 Å². The lowest BCUT2D eigenvalue weighted by Gasteiger charge is -2.15. The summed E-state index contributed by atoms with van der Waals surface area (Å²) < 4.78 is 6.85. The van der Waals surface area contributed by atoms with E-state index in [0.717, 1.165) is 4.88 Å². The highest BCUT2D eigenvalue weighted by Crippen LogP contribution is 2.23. The summed E-state index contributed by atoms with van der Waals surface area (Å²) in [5, 5.41) is 15.0. The average molecular weight is 423 g/mol. The fourth-order valence-electron chi connectivity index (χ4n) is 2.16. The van der Waals surface area contributed by atoms with Gasteiger partial charge in [0.25, 0.3) is 11.5 Å². The van der Waals surface area contributed by atoms with Gasteiger partial charge >= 0.3 is 0 Å². The van der Waals surface area contributed by atoms with E-state index in [1.54, 1.807) is 6.92 Å². The van der Waals surface area contributed by atoms with Crippen LogP contribution < -0.4 is 11.0 Å². The van der Waals surface area contributed by atoms with E-state index in [0.29, 0.717) is 15.7 Å². The molecule has 0 aliphatic heterocycles. The summed E-state index contributed by atoms with van der Waals surface area (Å²) >= 11 is 4.86. The molecule has 0 saturated heterocycles. The monoisotopic (exact) mass is 422 g/mol.